The van der Waals surface area contributed by atoms with Crippen LogP contribution in [0.1, 0.15) is 45.4 Å². The zero-order chi connectivity index (χ0) is 12.2. The normalized spacial score (nSPS) is 19.1. The Hall–Kier alpha value is -0.300. The fraction of sp³-hybridized carbons (Fsp3) is 0.700. The molecular weight excluding hydrogens is 246 g/mol. The molecule has 1 N–H and O–H groups in total. The molecule has 1 aliphatic rings. The molecule has 1 rings (SSSR count). The van der Waals surface area contributed by atoms with Crippen LogP contribution in [-0.4, -0.2) is 25.3 Å². The number of unbranched alkanes of at least 4 members (excludes halogenated alkanes) is 2. The van der Waals surface area contributed by atoms with Crippen LogP contribution >= 0.6 is 24.2 Å². The Morgan fingerprint density at radius 2 is 1.94 bits per heavy atom. The van der Waals surface area contributed by atoms with Gasteiger partial charge in [-0.1, -0.05) is 32.0 Å². The Balaban J connectivity index is 2.49. The fourth-order valence-electron chi connectivity index (χ4n) is 1.47. The highest BCUT2D eigenvalue weighted by Crippen LogP contribution is 2.32. The average molecular weight is 262 g/mol. The zero-order valence-corrected chi connectivity index (χ0v) is 10.9. The van der Waals surface area contributed by atoms with E-state index in [4.69, 9.17) is 12.2 Å². The second-order valence-electron chi connectivity index (χ2n) is 3.78. The third-order valence-electron chi connectivity index (χ3n) is 2.45. The van der Waals surface area contributed by atoms with Gasteiger partial charge in [0.2, 0.25) is 0 Å². The van der Waals surface area contributed by atoms with E-state index in [1.807, 2.05) is 0 Å². The predicted molar refractivity (Wildman–Crippen MR) is 65.6 cm³/mol. The van der Waals surface area contributed by atoms with E-state index >= 15 is 0 Å². The molecule has 4 nitrogen and oxygen atoms in total. The molecule has 0 saturated carbocycles. The smallest absolute Gasteiger partial charge is 0.226 e. The van der Waals surface area contributed by atoms with Gasteiger partial charge in [0.05, 0.1) is 12.8 Å². The van der Waals surface area contributed by atoms with E-state index in [0.29, 0.717) is 10.6 Å². The molecule has 1 heterocycles. The number of hydroxylamine groups is 2. The summed E-state index contributed by atoms with van der Waals surface area (Å²) in [6.07, 6.45) is 3.97. The second kappa shape index (κ2) is 5.86. The van der Waals surface area contributed by atoms with Crippen LogP contribution in [0.4, 0.5) is 0 Å². The van der Waals surface area contributed by atoms with Crippen molar-refractivity contribution in [1.82, 2.24) is 0 Å². The molecule has 0 radical (unpaired) electrons. The maximum Gasteiger partial charge on any atom is 0.366 e. The Kier molecular flexibility index (Phi) is 5.04. The monoisotopic (exact) mass is 262 g/mol. The van der Waals surface area contributed by atoms with Gasteiger partial charge in [0.1, 0.15) is 4.20 Å². The van der Waals surface area contributed by atoms with Crippen molar-refractivity contribution in [3.63, 3.8) is 0 Å². The van der Waals surface area contributed by atoms with Crippen molar-refractivity contribution >= 4 is 40.2 Å². The number of amides is 2. The van der Waals surface area contributed by atoms with Gasteiger partial charge in [-0.3, -0.25) is 0 Å². The first kappa shape index (κ1) is 13.8. The maximum atomic E-state index is 11.4. The highest BCUT2D eigenvalue weighted by molar-refractivity contribution is 8.19. The number of thiocarbonyl (C=S) groups is 1. The van der Waals surface area contributed by atoms with Gasteiger partial charge >= 0.3 is 11.8 Å². The summed E-state index contributed by atoms with van der Waals surface area (Å²) < 4.78 is -0.648. The molecule has 0 aromatic carbocycles. The van der Waals surface area contributed by atoms with Crippen LogP contribution in [0.3, 0.4) is 0 Å². The van der Waals surface area contributed by atoms with Crippen LogP contribution in [0.5, 0.6) is 0 Å². The molecule has 90 valence electrons. The van der Waals surface area contributed by atoms with Gasteiger partial charge in [-0.05, 0) is 12.8 Å². The van der Waals surface area contributed by atoms with Crippen LogP contribution < -0.4 is 0 Å². The largest absolute Gasteiger partial charge is 0.366 e. The van der Waals surface area contributed by atoms with Crippen LogP contribution in [0.25, 0.3) is 0 Å². The number of imide groups is 1. The molecule has 0 aromatic heterocycles. The lowest BCUT2D eigenvalue weighted by Crippen LogP contribution is -2.43. The summed E-state index contributed by atoms with van der Waals surface area (Å²) in [6, 6.07) is 0. The third-order valence-corrected chi connectivity index (χ3v) is 3.95. The lowest BCUT2D eigenvalue weighted by molar-refractivity contribution is -0.853. The third kappa shape index (κ3) is 3.10. The molecule has 1 saturated heterocycles. The molecule has 0 aromatic rings. The Morgan fingerprint density at radius 3 is 2.44 bits per heavy atom. The number of hydrogen-bond acceptors (Lipinski definition) is 5. The highest BCUT2D eigenvalue weighted by atomic mass is 32.2. The van der Waals surface area contributed by atoms with Gasteiger partial charge in [-0.25, -0.2) is 9.59 Å². The molecule has 1 fully saturated rings. The molecule has 1 aliphatic heterocycles. The minimum Gasteiger partial charge on any atom is -0.226 e. The highest BCUT2D eigenvalue weighted by Gasteiger charge is 2.52. The van der Waals surface area contributed by atoms with E-state index in [1.165, 1.54) is 0 Å². The van der Waals surface area contributed by atoms with Crippen LogP contribution in [0.2, 0.25) is 0 Å². The van der Waals surface area contributed by atoms with Crippen molar-refractivity contribution in [3.8, 4) is 0 Å². The summed E-state index contributed by atoms with van der Waals surface area (Å²) in [6.45, 7) is 2.09. The van der Waals surface area contributed by atoms with Crippen molar-refractivity contribution in [2.75, 3.05) is 0 Å². The SMILES string of the molecule is CCCCCC(=S)S[N+]1(O)C(=O)CCC1=O. The summed E-state index contributed by atoms with van der Waals surface area (Å²) in [5, 5.41) is 9.87. The Bertz CT molecular complexity index is 301. The first-order valence-electron chi connectivity index (χ1n) is 5.41. The zero-order valence-electron chi connectivity index (χ0n) is 9.27. The lowest BCUT2D eigenvalue weighted by atomic mass is 10.2. The summed E-state index contributed by atoms with van der Waals surface area (Å²) in [5.41, 5.74) is 0. The number of nitrogens with zero attached hydrogens (tertiary/aromatic N) is 1. The van der Waals surface area contributed by atoms with E-state index in [0.717, 1.165) is 31.2 Å². The van der Waals surface area contributed by atoms with Crippen molar-refractivity contribution < 1.29 is 18.8 Å². The lowest BCUT2D eigenvalue weighted by Gasteiger charge is -2.15. The number of quaternary nitrogens is 1. The first-order chi connectivity index (χ1) is 7.50. The average Bonchev–Trinajstić information content (AvgIpc) is 2.47. The van der Waals surface area contributed by atoms with Crippen molar-refractivity contribution in [2.45, 2.75) is 45.4 Å². The van der Waals surface area contributed by atoms with E-state index in [-0.39, 0.29) is 12.8 Å². The maximum absolute atomic E-state index is 11.4. The molecule has 2 amide bonds. The first-order valence-corrected chi connectivity index (χ1v) is 6.60. The van der Waals surface area contributed by atoms with E-state index < -0.39 is 15.9 Å². The Morgan fingerprint density at radius 1 is 1.38 bits per heavy atom. The van der Waals surface area contributed by atoms with Gasteiger partial charge in [-0.2, -0.15) is 5.21 Å². The summed E-state index contributed by atoms with van der Waals surface area (Å²) in [5.74, 6) is -0.930. The summed E-state index contributed by atoms with van der Waals surface area (Å²) in [7, 11) is 0. The molecule has 0 bridgehead atoms. The summed E-state index contributed by atoms with van der Waals surface area (Å²) in [4.78, 5) is 22.8. The van der Waals surface area contributed by atoms with Crippen molar-refractivity contribution in [2.24, 2.45) is 0 Å². The topological polar surface area (TPSA) is 54.4 Å². The molecule has 0 unspecified atom stereocenters. The molecular formula is C10H16NO3S2+. The number of carbonyl (C=O) groups excluding carboxylic acids is 2. The number of carbonyl (C=O) groups is 2. The standard InChI is InChI=1S/C10H16NO3S2/c1-2-3-4-5-10(15)16-11(14)8(12)6-7-9(11)13/h14H,2-7H2,1H3/q+1. The second-order valence-corrected chi connectivity index (χ2v) is 5.74. The fourth-order valence-corrected chi connectivity index (χ4v) is 2.85. The summed E-state index contributed by atoms with van der Waals surface area (Å²) >= 11 is 5.87. The van der Waals surface area contributed by atoms with Gasteiger partial charge in [0, 0.05) is 4.05 Å². The number of rotatable bonds is 5. The molecule has 0 aliphatic carbocycles. The Labute approximate surface area is 105 Å². The quantitative estimate of drug-likeness (QED) is 0.206. The van der Waals surface area contributed by atoms with E-state index in [9.17, 15) is 14.8 Å². The van der Waals surface area contributed by atoms with Crippen LogP contribution in [-0.2, 0) is 9.59 Å². The number of hydrogen-bond donors (Lipinski definition) is 1. The van der Waals surface area contributed by atoms with Crippen LogP contribution in [0, 0.1) is 0 Å². The van der Waals surface area contributed by atoms with Crippen LogP contribution in [0.15, 0.2) is 0 Å². The molecule has 16 heavy (non-hydrogen) atoms. The van der Waals surface area contributed by atoms with E-state index in [1.54, 1.807) is 0 Å². The molecule has 0 spiro atoms. The van der Waals surface area contributed by atoms with Crippen molar-refractivity contribution in [1.29, 1.82) is 0 Å². The minimum atomic E-state index is -1.18. The predicted octanol–water partition coefficient (Wildman–Crippen LogP) is 2.60. The van der Waals surface area contributed by atoms with Crippen molar-refractivity contribution in [3.05, 3.63) is 0 Å². The van der Waals surface area contributed by atoms with Gasteiger partial charge in [0.15, 0.2) is 11.9 Å². The molecule has 6 heteroatoms. The van der Waals surface area contributed by atoms with Gasteiger partial charge in [0.25, 0.3) is 0 Å². The van der Waals surface area contributed by atoms with Gasteiger partial charge in [-0.15, -0.1) is 0 Å². The minimum absolute atomic E-state index is 0.111. The van der Waals surface area contributed by atoms with E-state index in [2.05, 4.69) is 6.92 Å². The van der Waals surface area contributed by atoms with Gasteiger partial charge < -0.3 is 0 Å². The molecule has 0 atom stereocenters.